The van der Waals surface area contributed by atoms with Gasteiger partial charge in [0.05, 0.1) is 11.4 Å². The van der Waals surface area contributed by atoms with E-state index in [0.717, 1.165) is 0 Å². The number of halogens is 1. The van der Waals surface area contributed by atoms with Gasteiger partial charge in [-0.05, 0) is 24.1 Å². The standard InChI is InChI=1S/C12H17ClO3S/c1-3-11(17(15,16)4-2)12(14)9-5-7-10(13)8-6-9/h5-8,11-12,14H,3-4H2,1-2H3/t11-,12-/m0/s1. The highest BCUT2D eigenvalue weighted by Crippen LogP contribution is 2.26. The monoisotopic (exact) mass is 276 g/mol. The Morgan fingerprint density at radius 2 is 1.76 bits per heavy atom. The van der Waals surface area contributed by atoms with E-state index >= 15 is 0 Å². The maximum atomic E-state index is 11.8. The normalized spacial score (nSPS) is 15.5. The molecule has 0 amide bonds. The molecule has 0 unspecified atom stereocenters. The molecule has 0 saturated heterocycles. The maximum absolute atomic E-state index is 11.8. The minimum absolute atomic E-state index is 0.0379. The Kier molecular flexibility index (Phi) is 4.98. The van der Waals surface area contributed by atoms with Crippen molar-refractivity contribution >= 4 is 21.4 Å². The molecule has 0 heterocycles. The van der Waals surface area contributed by atoms with Crippen LogP contribution in [0.3, 0.4) is 0 Å². The van der Waals surface area contributed by atoms with Crippen molar-refractivity contribution in [3.63, 3.8) is 0 Å². The van der Waals surface area contributed by atoms with Gasteiger partial charge >= 0.3 is 0 Å². The number of sulfone groups is 1. The fraction of sp³-hybridized carbons (Fsp3) is 0.500. The second kappa shape index (κ2) is 5.85. The third-order valence-electron chi connectivity index (χ3n) is 2.83. The summed E-state index contributed by atoms with van der Waals surface area (Å²) in [6, 6.07) is 6.60. The molecule has 3 nitrogen and oxygen atoms in total. The lowest BCUT2D eigenvalue weighted by molar-refractivity contribution is 0.169. The van der Waals surface area contributed by atoms with Crippen LogP contribution in [-0.2, 0) is 9.84 Å². The van der Waals surface area contributed by atoms with Crippen LogP contribution in [0.2, 0.25) is 5.02 Å². The summed E-state index contributed by atoms with van der Waals surface area (Å²) in [5, 5.41) is 9.92. The highest BCUT2D eigenvalue weighted by atomic mass is 35.5. The molecular weight excluding hydrogens is 260 g/mol. The SMILES string of the molecule is CC[C@@H]([C@@H](O)c1ccc(Cl)cc1)S(=O)(=O)CC. The smallest absolute Gasteiger partial charge is 0.155 e. The molecule has 96 valence electrons. The van der Waals surface area contributed by atoms with Gasteiger partial charge in [-0.2, -0.15) is 0 Å². The first-order valence-electron chi connectivity index (χ1n) is 5.57. The summed E-state index contributed by atoms with van der Waals surface area (Å²) in [4.78, 5) is 0. The molecule has 0 aliphatic carbocycles. The third-order valence-corrected chi connectivity index (χ3v) is 5.40. The van der Waals surface area contributed by atoms with E-state index in [1.807, 2.05) is 0 Å². The van der Waals surface area contributed by atoms with Crippen LogP contribution in [-0.4, -0.2) is 24.5 Å². The molecule has 0 spiro atoms. The van der Waals surface area contributed by atoms with Gasteiger partial charge < -0.3 is 5.11 Å². The Bertz CT molecular complexity index is 453. The molecule has 1 aromatic rings. The number of benzene rings is 1. The van der Waals surface area contributed by atoms with E-state index in [0.29, 0.717) is 17.0 Å². The molecule has 1 rings (SSSR count). The van der Waals surface area contributed by atoms with Crippen LogP contribution in [0.5, 0.6) is 0 Å². The Balaban J connectivity index is 3.02. The van der Waals surface area contributed by atoms with E-state index in [-0.39, 0.29) is 5.75 Å². The zero-order chi connectivity index (χ0) is 13.1. The van der Waals surface area contributed by atoms with E-state index in [1.165, 1.54) is 0 Å². The molecular formula is C12H17ClO3S. The van der Waals surface area contributed by atoms with Crippen molar-refractivity contribution in [2.75, 3.05) is 5.75 Å². The molecule has 0 aliphatic heterocycles. The summed E-state index contributed by atoms with van der Waals surface area (Å²) in [7, 11) is -3.25. The third kappa shape index (κ3) is 3.44. The maximum Gasteiger partial charge on any atom is 0.155 e. The van der Waals surface area contributed by atoms with Crippen molar-refractivity contribution in [1.29, 1.82) is 0 Å². The summed E-state index contributed by atoms with van der Waals surface area (Å²) < 4.78 is 23.7. The number of hydrogen-bond acceptors (Lipinski definition) is 3. The molecule has 1 N–H and O–H groups in total. The topological polar surface area (TPSA) is 54.4 Å². The first-order valence-corrected chi connectivity index (χ1v) is 7.66. The summed E-state index contributed by atoms with van der Waals surface area (Å²) in [5.41, 5.74) is 0.582. The Morgan fingerprint density at radius 3 is 2.18 bits per heavy atom. The van der Waals surface area contributed by atoms with Crippen LogP contribution in [0.1, 0.15) is 31.9 Å². The second-order valence-corrected chi connectivity index (χ2v) is 6.84. The molecule has 0 aliphatic rings. The predicted molar refractivity (Wildman–Crippen MR) is 70.0 cm³/mol. The molecule has 0 bridgehead atoms. The van der Waals surface area contributed by atoms with Crippen molar-refractivity contribution in [2.45, 2.75) is 31.6 Å². The van der Waals surface area contributed by atoms with Crippen LogP contribution in [0.4, 0.5) is 0 Å². The lowest BCUT2D eigenvalue weighted by atomic mass is 10.1. The molecule has 5 heteroatoms. The van der Waals surface area contributed by atoms with Crippen LogP contribution < -0.4 is 0 Å². The number of aliphatic hydroxyl groups is 1. The van der Waals surface area contributed by atoms with Gasteiger partial charge in [0, 0.05) is 10.8 Å². The summed E-state index contributed by atoms with van der Waals surface area (Å²) in [6.45, 7) is 3.35. The predicted octanol–water partition coefficient (Wildman–Crippen LogP) is 2.59. The summed E-state index contributed by atoms with van der Waals surface area (Å²) in [5.74, 6) is 0.0379. The Hall–Kier alpha value is -0.580. The lowest BCUT2D eigenvalue weighted by Gasteiger charge is -2.21. The molecule has 0 saturated carbocycles. The molecule has 2 atom stereocenters. The van der Waals surface area contributed by atoms with Crippen LogP contribution >= 0.6 is 11.6 Å². The molecule has 17 heavy (non-hydrogen) atoms. The van der Waals surface area contributed by atoms with Gasteiger partial charge in [0.15, 0.2) is 9.84 Å². The van der Waals surface area contributed by atoms with Gasteiger partial charge in [-0.1, -0.05) is 37.6 Å². The number of rotatable bonds is 5. The van der Waals surface area contributed by atoms with E-state index in [1.54, 1.807) is 38.1 Å². The van der Waals surface area contributed by atoms with Crippen LogP contribution in [0, 0.1) is 0 Å². The van der Waals surface area contributed by atoms with Crippen LogP contribution in [0.25, 0.3) is 0 Å². The zero-order valence-electron chi connectivity index (χ0n) is 9.93. The van der Waals surface area contributed by atoms with Gasteiger partial charge in [-0.25, -0.2) is 8.42 Å². The van der Waals surface area contributed by atoms with Crippen LogP contribution in [0.15, 0.2) is 24.3 Å². The Labute approximate surface area is 107 Å². The average molecular weight is 277 g/mol. The Morgan fingerprint density at radius 1 is 1.24 bits per heavy atom. The van der Waals surface area contributed by atoms with Crippen molar-refractivity contribution in [3.05, 3.63) is 34.9 Å². The zero-order valence-corrected chi connectivity index (χ0v) is 11.5. The fourth-order valence-electron chi connectivity index (χ4n) is 1.76. The van der Waals surface area contributed by atoms with Gasteiger partial charge in [-0.15, -0.1) is 0 Å². The minimum atomic E-state index is -3.25. The number of hydrogen-bond donors (Lipinski definition) is 1. The largest absolute Gasteiger partial charge is 0.387 e. The number of aliphatic hydroxyl groups excluding tert-OH is 1. The minimum Gasteiger partial charge on any atom is -0.387 e. The van der Waals surface area contributed by atoms with Crippen molar-refractivity contribution < 1.29 is 13.5 Å². The van der Waals surface area contributed by atoms with E-state index in [9.17, 15) is 13.5 Å². The summed E-state index contributed by atoms with van der Waals surface area (Å²) in [6.07, 6.45) is -0.609. The highest BCUT2D eigenvalue weighted by molar-refractivity contribution is 7.92. The molecule has 0 radical (unpaired) electrons. The fourth-order valence-corrected chi connectivity index (χ4v) is 3.37. The second-order valence-electron chi connectivity index (χ2n) is 3.89. The van der Waals surface area contributed by atoms with Crippen molar-refractivity contribution in [3.8, 4) is 0 Å². The lowest BCUT2D eigenvalue weighted by Crippen LogP contribution is -2.29. The molecule has 0 fully saturated rings. The first-order chi connectivity index (χ1) is 7.92. The first kappa shape index (κ1) is 14.5. The molecule has 0 aromatic heterocycles. The summed E-state index contributed by atoms with van der Waals surface area (Å²) >= 11 is 5.75. The quantitative estimate of drug-likeness (QED) is 0.899. The van der Waals surface area contributed by atoms with E-state index < -0.39 is 21.2 Å². The van der Waals surface area contributed by atoms with E-state index in [4.69, 9.17) is 11.6 Å². The van der Waals surface area contributed by atoms with Crippen molar-refractivity contribution in [2.24, 2.45) is 0 Å². The van der Waals surface area contributed by atoms with Gasteiger partial charge in [0.25, 0.3) is 0 Å². The highest BCUT2D eigenvalue weighted by Gasteiger charge is 2.30. The van der Waals surface area contributed by atoms with Gasteiger partial charge in [0.1, 0.15) is 0 Å². The van der Waals surface area contributed by atoms with E-state index in [2.05, 4.69) is 0 Å². The average Bonchev–Trinajstić information content (AvgIpc) is 2.30. The van der Waals surface area contributed by atoms with Crippen molar-refractivity contribution in [1.82, 2.24) is 0 Å². The van der Waals surface area contributed by atoms with Gasteiger partial charge in [0.2, 0.25) is 0 Å². The van der Waals surface area contributed by atoms with Gasteiger partial charge in [-0.3, -0.25) is 0 Å². The molecule has 1 aromatic carbocycles.